The summed E-state index contributed by atoms with van der Waals surface area (Å²) in [5.41, 5.74) is 0.832. The molecule has 21 heavy (non-hydrogen) atoms. The lowest BCUT2D eigenvalue weighted by atomic mass is 10.3. The third-order valence-corrected chi connectivity index (χ3v) is 3.73. The number of benzene rings is 1. The summed E-state index contributed by atoms with van der Waals surface area (Å²) in [6, 6.07) is 7.59. The molecule has 0 saturated carbocycles. The number of methoxy groups -OCH3 is 1. The molecule has 0 saturated heterocycles. The summed E-state index contributed by atoms with van der Waals surface area (Å²) in [5.74, 6) is -0.535. The van der Waals surface area contributed by atoms with Crippen molar-refractivity contribution in [3.63, 3.8) is 0 Å². The van der Waals surface area contributed by atoms with Crippen LogP contribution < -0.4 is 5.32 Å². The van der Waals surface area contributed by atoms with Gasteiger partial charge < -0.3 is 15.2 Å². The monoisotopic (exact) mass is 401 g/mol. The molecule has 2 N–H and O–H groups in total. The van der Waals surface area contributed by atoms with Crippen molar-refractivity contribution in [1.29, 1.82) is 0 Å². The molecule has 1 aromatic heterocycles. The molecule has 6 nitrogen and oxygen atoms in total. The molecule has 1 amide bonds. The normalized spacial score (nSPS) is 10.6. The predicted molar refractivity (Wildman–Crippen MR) is 86.8 cm³/mol. The molecule has 2 aromatic rings. The Morgan fingerprint density at radius 2 is 2.24 bits per heavy atom. The summed E-state index contributed by atoms with van der Waals surface area (Å²) >= 11 is 2.18. The molecule has 1 heterocycles. The number of para-hydroxylation sites is 1. The fourth-order valence-electron chi connectivity index (χ4n) is 1.79. The van der Waals surface area contributed by atoms with Gasteiger partial charge in [-0.1, -0.05) is 12.1 Å². The lowest BCUT2D eigenvalue weighted by molar-refractivity contribution is 0.0940. The topological polar surface area (TPSA) is 76.4 Å². The number of hydrogen-bond donors (Lipinski definition) is 2. The van der Waals surface area contributed by atoms with Gasteiger partial charge in [-0.05, 0) is 41.1 Å². The highest BCUT2D eigenvalue weighted by atomic mass is 127. The number of carbonyl (C=O) groups is 1. The van der Waals surface area contributed by atoms with E-state index in [-0.39, 0.29) is 11.4 Å². The first kappa shape index (κ1) is 15.8. The molecule has 112 valence electrons. The van der Waals surface area contributed by atoms with E-state index in [0.29, 0.717) is 19.6 Å². The molecule has 2 rings (SSSR count). The summed E-state index contributed by atoms with van der Waals surface area (Å²) in [6.07, 6.45) is 2.14. The summed E-state index contributed by atoms with van der Waals surface area (Å²) in [5, 5.41) is 16.7. The molecular weight excluding hydrogens is 385 g/mol. The Bertz CT molecular complexity index is 628. The van der Waals surface area contributed by atoms with Crippen LogP contribution in [0.2, 0.25) is 0 Å². The molecular formula is C14H16IN3O3. The minimum Gasteiger partial charge on any atom is -0.504 e. The van der Waals surface area contributed by atoms with Crippen LogP contribution >= 0.6 is 22.6 Å². The van der Waals surface area contributed by atoms with Crippen LogP contribution in [0.5, 0.6) is 5.75 Å². The van der Waals surface area contributed by atoms with Crippen LogP contribution in [0.4, 0.5) is 0 Å². The van der Waals surface area contributed by atoms with E-state index in [1.54, 1.807) is 7.11 Å². The van der Waals surface area contributed by atoms with Gasteiger partial charge in [0.15, 0.2) is 11.4 Å². The van der Waals surface area contributed by atoms with Gasteiger partial charge in [0.2, 0.25) is 0 Å². The van der Waals surface area contributed by atoms with Crippen LogP contribution in [0.3, 0.4) is 0 Å². The summed E-state index contributed by atoms with van der Waals surface area (Å²) in [7, 11) is 1.61. The smallest absolute Gasteiger partial charge is 0.275 e. The van der Waals surface area contributed by atoms with Crippen LogP contribution in [0.25, 0.3) is 5.69 Å². The molecule has 0 bridgehead atoms. The van der Waals surface area contributed by atoms with Crippen molar-refractivity contribution in [2.24, 2.45) is 0 Å². The Labute approximate surface area is 136 Å². The Morgan fingerprint density at radius 3 is 2.95 bits per heavy atom. The Kier molecular flexibility index (Phi) is 5.57. The van der Waals surface area contributed by atoms with E-state index in [1.807, 2.05) is 24.3 Å². The molecule has 0 atom stereocenters. The highest BCUT2D eigenvalue weighted by Gasteiger charge is 2.17. The molecule has 0 unspecified atom stereocenters. The number of aromatic hydroxyl groups is 1. The zero-order valence-corrected chi connectivity index (χ0v) is 13.7. The number of rotatable bonds is 6. The maximum Gasteiger partial charge on any atom is 0.275 e. The Balaban J connectivity index is 2.12. The van der Waals surface area contributed by atoms with Crippen LogP contribution in [-0.2, 0) is 4.74 Å². The number of carbonyl (C=O) groups excluding carboxylic acids is 1. The lowest BCUT2D eigenvalue weighted by Crippen LogP contribution is -2.25. The molecule has 0 aliphatic carbocycles. The van der Waals surface area contributed by atoms with Gasteiger partial charge in [-0.15, -0.1) is 0 Å². The van der Waals surface area contributed by atoms with Crippen molar-refractivity contribution in [3.05, 3.63) is 39.7 Å². The average molecular weight is 401 g/mol. The number of halogens is 1. The number of nitrogens with zero attached hydrogens (tertiary/aromatic N) is 2. The maximum absolute atomic E-state index is 12.0. The lowest BCUT2D eigenvalue weighted by Gasteiger charge is -2.04. The molecule has 0 spiro atoms. The van der Waals surface area contributed by atoms with Gasteiger partial charge >= 0.3 is 0 Å². The fraction of sp³-hybridized carbons (Fsp3) is 0.286. The second kappa shape index (κ2) is 7.41. The van der Waals surface area contributed by atoms with Gasteiger partial charge in [-0.3, -0.25) is 4.79 Å². The van der Waals surface area contributed by atoms with Gasteiger partial charge in [-0.2, -0.15) is 5.10 Å². The summed E-state index contributed by atoms with van der Waals surface area (Å²) in [6.45, 7) is 1.05. The second-order valence-electron chi connectivity index (χ2n) is 4.36. The number of aromatic nitrogens is 2. The predicted octanol–water partition coefficient (Wildman–Crippen LogP) is 1.95. The first-order chi connectivity index (χ1) is 10.1. The minimum atomic E-state index is -0.395. The third kappa shape index (κ3) is 3.94. The second-order valence-corrected chi connectivity index (χ2v) is 5.52. The highest BCUT2D eigenvalue weighted by Crippen LogP contribution is 2.21. The van der Waals surface area contributed by atoms with Crippen molar-refractivity contribution >= 4 is 28.5 Å². The van der Waals surface area contributed by atoms with E-state index in [0.717, 1.165) is 9.26 Å². The third-order valence-electron chi connectivity index (χ3n) is 2.82. The van der Waals surface area contributed by atoms with Crippen molar-refractivity contribution in [2.45, 2.75) is 6.42 Å². The van der Waals surface area contributed by atoms with E-state index < -0.39 is 5.91 Å². The van der Waals surface area contributed by atoms with E-state index >= 15 is 0 Å². The SMILES string of the molecule is COCCCNC(=O)c1nn(-c2ccccc2I)cc1O. The first-order valence-electron chi connectivity index (χ1n) is 6.44. The van der Waals surface area contributed by atoms with Gasteiger partial charge in [-0.25, -0.2) is 4.68 Å². The van der Waals surface area contributed by atoms with Crippen molar-refractivity contribution in [3.8, 4) is 11.4 Å². The Morgan fingerprint density at radius 1 is 1.48 bits per heavy atom. The highest BCUT2D eigenvalue weighted by molar-refractivity contribution is 14.1. The number of amides is 1. The van der Waals surface area contributed by atoms with Crippen LogP contribution in [-0.4, -0.2) is 41.1 Å². The van der Waals surface area contributed by atoms with Crippen LogP contribution in [0.15, 0.2) is 30.5 Å². The van der Waals surface area contributed by atoms with Crippen molar-refractivity contribution < 1.29 is 14.6 Å². The van der Waals surface area contributed by atoms with Crippen molar-refractivity contribution in [1.82, 2.24) is 15.1 Å². The van der Waals surface area contributed by atoms with E-state index in [9.17, 15) is 9.90 Å². The van der Waals surface area contributed by atoms with Crippen molar-refractivity contribution in [2.75, 3.05) is 20.3 Å². The summed E-state index contributed by atoms with van der Waals surface area (Å²) < 4.78 is 7.38. The molecule has 0 fully saturated rings. The van der Waals surface area contributed by atoms with Gasteiger partial charge in [0.25, 0.3) is 5.91 Å². The average Bonchev–Trinajstić information content (AvgIpc) is 2.86. The molecule has 1 aromatic carbocycles. The molecule has 0 aliphatic rings. The van der Waals surface area contributed by atoms with Crippen LogP contribution in [0.1, 0.15) is 16.9 Å². The zero-order valence-electron chi connectivity index (χ0n) is 11.5. The molecule has 0 aliphatic heterocycles. The van der Waals surface area contributed by atoms with Gasteiger partial charge in [0.05, 0.1) is 11.9 Å². The maximum atomic E-state index is 12.0. The number of ether oxygens (including phenoxy) is 1. The van der Waals surface area contributed by atoms with E-state index in [2.05, 4.69) is 33.0 Å². The van der Waals surface area contributed by atoms with Crippen LogP contribution in [0, 0.1) is 3.57 Å². The standard InChI is InChI=1S/C14H16IN3O3/c1-21-8-4-7-16-14(20)13-12(19)9-18(17-13)11-6-3-2-5-10(11)15/h2-3,5-6,9,19H,4,7-8H2,1H3,(H,16,20). The summed E-state index contributed by atoms with van der Waals surface area (Å²) in [4.78, 5) is 12.0. The van der Waals surface area contributed by atoms with E-state index in [4.69, 9.17) is 4.74 Å². The molecule has 7 heteroatoms. The number of hydrogen-bond acceptors (Lipinski definition) is 4. The Hall–Kier alpha value is -1.61. The molecule has 0 radical (unpaired) electrons. The largest absolute Gasteiger partial charge is 0.504 e. The minimum absolute atomic E-state index is 0.0204. The number of nitrogens with one attached hydrogen (secondary N) is 1. The quantitative estimate of drug-likeness (QED) is 0.573. The van der Waals surface area contributed by atoms with Gasteiger partial charge in [0, 0.05) is 23.8 Å². The fourth-order valence-corrected chi connectivity index (χ4v) is 2.42. The van der Waals surface area contributed by atoms with Gasteiger partial charge in [0.1, 0.15) is 0 Å². The van der Waals surface area contributed by atoms with E-state index in [1.165, 1.54) is 10.9 Å². The zero-order chi connectivity index (χ0) is 15.2. The first-order valence-corrected chi connectivity index (χ1v) is 7.52.